The second-order valence-electron chi connectivity index (χ2n) is 6.94. The van der Waals surface area contributed by atoms with Crippen molar-refractivity contribution in [1.82, 2.24) is 24.2 Å². The zero-order valence-corrected chi connectivity index (χ0v) is 18.0. The molecular weight excluding hydrogens is 484 g/mol. The van der Waals surface area contributed by atoms with E-state index >= 15 is 0 Å². The third-order valence-corrected chi connectivity index (χ3v) is 5.91. The lowest BCUT2D eigenvalue weighted by Crippen LogP contribution is -2.38. The first-order valence-electron chi connectivity index (χ1n) is 9.20. The number of carbonyl (C=O) groups is 1. The average Bonchev–Trinajstić information content (AvgIpc) is 3.29. The van der Waals surface area contributed by atoms with Gasteiger partial charge in [-0.2, -0.15) is 8.42 Å². The topological polar surface area (TPSA) is 215 Å². The van der Waals surface area contributed by atoms with Gasteiger partial charge in [0.05, 0.1) is 12.9 Å². The third-order valence-electron chi connectivity index (χ3n) is 4.79. The van der Waals surface area contributed by atoms with Crippen molar-refractivity contribution < 1.29 is 37.5 Å². The van der Waals surface area contributed by atoms with E-state index in [2.05, 4.69) is 15.0 Å². The largest absolute Gasteiger partial charge is 0.872 e. The van der Waals surface area contributed by atoms with Gasteiger partial charge in [-0.05, 0) is 12.1 Å². The molecule has 0 aliphatic carbocycles. The van der Waals surface area contributed by atoms with E-state index in [1.54, 1.807) is 4.72 Å². The van der Waals surface area contributed by atoms with Crippen molar-refractivity contribution in [1.29, 1.82) is 0 Å². The molecule has 176 valence electrons. The number of ether oxygens (including phenoxy) is 1. The van der Waals surface area contributed by atoms with Gasteiger partial charge in [-0.3, -0.25) is 13.5 Å². The summed E-state index contributed by atoms with van der Waals surface area (Å²) in [6.45, 7) is -0.758. The maximum atomic E-state index is 12.1. The summed E-state index contributed by atoms with van der Waals surface area (Å²) in [5.74, 6) is -1.92. The predicted molar refractivity (Wildman–Crippen MR) is 109 cm³/mol. The van der Waals surface area contributed by atoms with E-state index < -0.39 is 58.7 Å². The van der Waals surface area contributed by atoms with Gasteiger partial charge in [-0.25, -0.2) is 19.7 Å². The monoisotopic (exact) mass is 499 g/mol. The summed E-state index contributed by atoms with van der Waals surface area (Å²) in [5.41, 5.74) is 5.72. The predicted octanol–water partition coefficient (Wildman–Crippen LogP) is -1.55. The molecule has 2 aromatic heterocycles. The lowest BCUT2D eigenvalue weighted by Gasteiger charge is -2.16. The van der Waals surface area contributed by atoms with Gasteiger partial charge in [-0.15, -0.1) is 0 Å². The van der Waals surface area contributed by atoms with Crippen molar-refractivity contribution in [3.05, 3.63) is 41.4 Å². The maximum absolute atomic E-state index is 12.1. The van der Waals surface area contributed by atoms with Crippen LogP contribution in [0.1, 0.15) is 16.6 Å². The Morgan fingerprint density at radius 2 is 2.06 bits per heavy atom. The van der Waals surface area contributed by atoms with Crippen LogP contribution in [-0.4, -0.2) is 69.0 Å². The van der Waals surface area contributed by atoms with Gasteiger partial charge < -0.3 is 25.8 Å². The molecule has 3 aromatic rings. The molecule has 4 atom stereocenters. The van der Waals surface area contributed by atoms with Crippen LogP contribution >= 0.6 is 11.6 Å². The molecule has 1 aromatic carbocycles. The fourth-order valence-corrected chi connectivity index (χ4v) is 4.06. The van der Waals surface area contributed by atoms with Crippen LogP contribution in [0.4, 0.5) is 5.82 Å². The van der Waals surface area contributed by atoms with Crippen LogP contribution in [0.25, 0.3) is 11.2 Å². The van der Waals surface area contributed by atoms with Gasteiger partial charge >= 0.3 is 10.3 Å². The standard InChI is InChI=1S/C17H17ClN6O8S/c18-7-1-2-8(9(25)3-7)16(28)23-33(29,30)31-4-10-12(26)13(27)17(32-10)24-6-22-11-14(19)20-5-21-15(11)24/h1-3,5-6,10,12-13,17,25-27H,4H2,(H,23,28)(H2,19,20,21)/p-1/t10?,12-,13-,17?/m1/s1. The highest BCUT2D eigenvalue weighted by Gasteiger charge is 2.45. The number of rotatable bonds is 6. The number of hydrogen-bond donors (Lipinski definition) is 4. The molecule has 16 heteroatoms. The fraction of sp³-hybridized carbons (Fsp3) is 0.294. The Bertz CT molecular complexity index is 1320. The minimum absolute atomic E-state index is 0.0796. The quantitative estimate of drug-likeness (QED) is 0.303. The van der Waals surface area contributed by atoms with Crippen LogP contribution in [0.15, 0.2) is 30.9 Å². The number of benzene rings is 1. The van der Waals surface area contributed by atoms with Crippen LogP contribution in [0, 0.1) is 0 Å². The Morgan fingerprint density at radius 1 is 1.30 bits per heavy atom. The van der Waals surface area contributed by atoms with E-state index in [0.29, 0.717) is 0 Å². The minimum Gasteiger partial charge on any atom is -0.872 e. The molecule has 3 heterocycles. The fourth-order valence-electron chi connectivity index (χ4n) is 3.19. The second kappa shape index (κ2) is 8.69. The minimum atomic E-state index is -4.70. The summed E-state index contributed by atoms with van der Waals surface area (Å²) in [7, 11) is -4.70. The SMILES string of the molecule is Nc1ncnc2c1ncn2C1OC(COS(=O)(=O)NC(=O)c2ccc(Cl)cc2[O-])[C@@H](O)[C@H]1O. The number of carbonyl (C=O) groups excluding carboxylic acids is 1. The summed E-state index contributed by atoms with van der Waals surface area (Å²) in [5, 5.41) is 32.5. The van der Waals surface area contributed by atoms with Crippen molar-refractivity contribution in [2.75, 3.05) is 12.3 Å². The summed E-state index contributed by atoms with van der Waals surface area (Å²) < 4.78 is 37.4. The molecule has 0 spiro atoms. The van der Waals surface area contributed by atoms with Gasteiger partial charge in [0.1, 0.15) is 30.2 Å². The van der Waals surface area contributed by atoms with Gasteiger partial charge in [0.15, 0.2) is 17.7 Å². The number of nitrogens with zero attached hydrogens (tertiary/aromatic N) is 4. The van der Waals surface area contributed by atoms with Crippen LogP contribution < -0.4 is 15.6 Å². The molecule has 5 N–H and O–H groups in total. The highest BCUT2D eigenvalue weighted by molar-refractivity contribution is 7.85. The number of aliphatic hydroxyl groups excluding tert-OH is 2. The number of aliphatic hydroxyl groups is 2. The molecule has 0 saturated carbocycles. The lowest BCUT2D eigenvalue weighted by molar-refractivity contribution is -0.268. The van der Waals surface area contributed by atoms with E-state index in [1.807, 2.05) is 0 Å². The summed E-state index contributed by atoms with van der Waals surface area (Å²) in [6.07, 6.45) is -3.11. The number of nitrogens with one attached hydrogen (secondary N) is 1. The Labute approximate surface area is 190 Å². The molecule has 2 unspecified atom stereocenters. The molecule has 0 bridgehead atoms. The van der Waals surface area contributed by atoms with E-state index in [9.17, 15) is 28.5 Å². The van der Waals surface area contributed by atoms with Gasteiger partial charge in [-0.1, -0.05) is 23.4 Å². The lowest BCUT2D eigenvalue weighted by atomic mass is 10.1. The molecule has 4 rings (SSSR count). The molecule has 1 amide bonds. The number of nitrogens with two attached hydrogens (primary N) is 1. The highest BCUT2D eigenvalue weighted by Crippen LogP contribution is 2.32. The van der Waals surface area contributed by atoms with Crippen LogP contribution in [-0.2, 0) is 19.2 Å². The van der Waals surface area contributed by atoms with Gasteiger partial charge in [0.25, 0.3) is 5.91 Å². The number of nitrogen functional groups attached to an aromatic ring is 1. The zero-order chi connectivity index (χ0) is 23.9. The zero-order valence-electron chi connectivity index (χ0n) is 16.4. The average molecular weight is 500 g/mol. The van der Waals surface area contributed by atoms with E-state index in [1.165, 1.54) is 23.3 Å². The summed E-state index contributed by atoms with van der Waals surface area (Å²) >= 11 is 5.64. The van der Waals surface area contributed by atoms with Crippen LogP contribution in [0.3, 0.4) is 0 Å². The number of anilines is 1. The first-order chi connectivity index (χ1) is 15.6. The van der Waals surface area contributed by atoms with E-state index in [0.717, 1.165) is 12.1 Å². The first-order valence-corrected chi connectivity index (χ1v) is 11.0. The van der Waals surface area contributed by atoms with Crippen molar-refractivity contribution in [2.45, 2.75) is 24.5 Å². The number of hydrogen-bond acceptors (Lipinski definition) is 12. The van der Waals surface area contributed by atoms with E-state index in [4.69, 9.17) is 26.3 Å². The Hall–Kier alpha value is -3.08. The summed E-state index contributed by atoms with van der Waals surface area (Å²) in [6, 6.07) is 3.26. The van der Waals surface area contributed by atoms with Crippen LogP contribution in [0.2, 0.25) is 5.02 Å². The van der Waals surface area contributed by atoms with Crippen molar-refractivity contribution >= 4 is 44.8 Å². The summed E-state index contributed by atoms with van der Waals surface area (Å²) in [4.78, 5) is 24.0. The Kier molecular flexibility index (Phi) is 6.08. The molecule has 1 saturated heterocycles. The van der Waals surface area contributed by atoms with Crippen molar-refractivity contribution in [2.24, 2.45) is 0 Å². The molecule has 1 fully saturated rings. The molecule has 1 aliphatic heterocycles. The first kappa shape index (κ1) is 23.1. The second-order valence-corrected chi connectivity index (χ2v) is 8.72. The number of halogens is 1. The van der Waals surface area contributed by atoms with Gasteiger partial charge in [0, 0.05) is 10.6 Å². The Balaban J connectivity index is 1.43. The van der Waals surface area contributed by atoms with Crippen molar-refractivity contribution in [3.63, 3.8) is 0 Å². The molecule has 14 nitrogen and oxygen atoms in total. The van der Waals surface area contributed by atoms with Crippen molar-refractivity contribution in [3.8, 4) is 5.75 Å². The third kappa shape index (κ3) is 4.54. The smallest absolute Gasteiger partial charge is 0.362 e. The number of aromatic nitrogens is 4. The number of fused-ring (bicyclic) bond motifs is 1. The highest BCUT2D eigenvalue weighted by atomic mass is 35.5. The number of imidazole rings is 1. The normalized spacial score (nSPS) is 23.1. The Morgan fingerprint density at radius 3 is 2.79 bits per heavy atom. The molecule has 0 radical (unpaired) electrons. The molecule has 33 heavy (non-hydrogen) atoms. The maximum Gasteiger partial charge on any atom is 0.362 e. The van der Waals surface area contributed by atoms with Gasteiger partial charge in [0.2, 0.25) is 0 Å². The molecular formula is C17H16ClN6O8S-. The number of amides is 1. The molecule has 1 aliphatic rings. The van der Waals surface area contributed by atoms with Crippen LogP contribution in [0.5, 0.6) is 5.75 Å². The van der Waals surface area contributed by atoms with E-state index in [-0.39, 0.29) is 22.0 Å².